The molecule has 0 bridgehead atoms. The van der Waals surface area contributed by atoms with Crippen LogP contribution >= 0.6 is 0 Å². The molecule has 154 valence electrons. The summed E-state index contributed by atoms with van der Waals surface area (Å²) in [6.45, 7) is 0.390. The molecule has 0 amide bonds. The lowest BCUT2D eigenvalue weighted by Gasteiger charge is -2.09. The molecule has 0 saturated heterocycles. The second-order valence-electron chi connectivity index (χ2n) is 6.73. The van der Waals surface area contributed by atoms with Crippen molar-refractivity contribution in [3.63, 3.8) is 0 Å². The Hall–Kier alpha value is -4.15. The highest BCUT2D eigenvalue weighted by atomic mass is 19.4. The van der Waals surface area contributed by atoms with Crippen molar-refractivity contribution in [2.75, 3.05) is 5.32 Å². The van der Waals surface area contributed by atoms with Gasteiger partial charge in [0.15, 0.2) is 11.5 Å². The monoisotopic (exact) mass is 422 g/mol. The van der Waals surface area contributed by atoms with Gasteiger partial charge in [-0.1, -0.05) is 17.3 Å². The molecule has 11 heteroatoms. The summed E-state index contributed by atoms with van der Waals surface area (Å²) in [4.78, 5) is 16.8. The zero-order valence-corrected chi connectivity index (χ0v) is 15.7. The third kappa shape index (κ3) is 3.84. The highest BCUT2D eigenvalue weighted by Gasteiger charge is 2.30. The highest BCUT2D eigenvalue weighted by molar-refractivity contribution is 5.79. The van der Waals surface area contributed by atoms with Gasteiger partial charge in [-0.3, -0.25) is 4.98 Å². The summed E-state index contributed by atoms with van der Waals surface area (Å²) in [5, 5.41) is 11.9. The first-order valence-electron chi connectivity index (χ1n) is 9.16. The predicted molar refractivity (Wildman–Crippen MR) is 106 cm³/mol. The maximum atomic E-state index is 12.9. The van der Waals surface area contributed by atoms with Gasteiger partial charge in [0.05, 0.1) is 23.8 Å². The van der Waals surface area contributed by atoms with Crippen molar-refractivity contribution < 1.29 is 13.2 Å². The van der Waals surface area contributed by atoms with Gasteiger partial charge in [-0.05, 0) is 35.9 Å². The lowest BCUT2D eigenvalue weighted by atomic mass is 10.1. The van der Waals surface area contributed by atoms with Crippen LogP contribution in [0.2, 0.25) is 0 Å². The van der Waals surface area contributed by atoms with Gasteiger partial charge in [-0.15, -0.1) is 5.10 Å². The number of halogens is 3. The second-order valence-corrected chi connectivity index (χ2v) is 6.73. The molecule has 5 aromatic rings. The smallest absolute Gasteiger partial charge is 0.324 e. The fourth-order valence-corrected chi connectivity index (χ4v) is 3.12. The van der Waals surface area contributed by atoms with E-state index in [9.17, 15) is 13.2 Å². The van der Waals surface area contributed by atoms with E-state index in [2.05, 4.69) is 35.6 Å². The molecule has 31 heavy (non-hydrogen) atoms. The van der Waals surface area contributed by atoms with Gasteiger partial charge >= 0.3 is 6.18 Å². The van der Waals surface area contributed by atoms with E-state index < -0.39 is 11.7 Å². The van der Waals surface area contributed by atoms with Crippen LogP contribution in [0, 0.1) is 0 Å². The molecule has 0 saturated carbocycles. The molecule has 0 radical (unpaired) electrons. The summed E-state index contributed by atoms with van der Waals surface area (Å²) in [5.41, 5.74) is 1.76. The Balaban J connectivity index is 1.44. The van der Waals surface area contributed by atoms with Gasteiger partial charge in [-0.2, -0.15) is 13.2 Å². The fourth-order valence-electron chi connectivity index (χ4n) is 3.12. The predicted octanol–water partition coefficient (Wildman–Crippen LogP) is 3.98. The van der Waals surface area contributed by atoms with E-state index >= 15 is 0 Å². The van der Waals surface area contributed by atoms with Crippen LogP contribution in [0.4, 0.5) is 24.8 Å². The quantitative estimate of drug-likeness (QED) is 0.468. The molecule has 1 N–H and O–H groups in total. The van der Waals surface area contributed by atoms with E-state index in [4.69, 9.17) is 0 Å². The Morgan fingerprint density at radius 2 is 1.84 bits per heavy atom. The minimum absolute atomic E-state index is 0.00419. The second kappa shape index (κ2) is 7.27. The number of aromatic nitrogens is 7. The number of hydrogen-bond acceptors (Lipinski definition) is 7. The molecule has 0 aliphatic heterocycles. The standard InChI is InChI=1S/C20H13F3N8/c21-20(22,23)14-5-7-25-16(9-14)27-17-10-26-18-19(28-17)31(30-29-18)11-12-3-4-15-13(8-12)2-1-6-24-15/h1-10H,11H2,(H,25,27,28). The fraction of sp³-hybridized carbons (Fsp3) is 0.100. The van der Waals surface area contributed by atoms with Crippen LogP contribution in [-0.2, 0) is 12.7 Å². The maximum Gasteiger partial charge on any atom is 0.416 e. The number of fused-ring (bicyclic) bond motifs is 2. The first-order valence-corrected chi connectivity index (χ1v) is 9.16. The molecular weight excluding hydrogens is 409 g/mol. The number of anilines is 2. The van der Waals surface area contributed by atoms with Gasteiger partial charge in [0.1, 0.15) is 5.82 Å². The van der Waals surface area contributed by atoms with Gasteiger partial charge < -0.3 is 5.32 Å². The van der Waals surface area contributed by atoms with Crippen LogP contribution in [0.25, 0.3) is 22.2 Å². The van der Waals surface area contributed by atoms with Gasteiger partial charge in [-0.25, -0.2) is 19.6 Å². The van der Waals surface area contributed by atoms with E-state index in [1.807, 2.05) is 30.3 Å². The average Bonchev–Trinajstić information content (AvgIpc) is 3.15. The van der Waals surface area contributed by atoms with E-state index in [0.29, 0.717) is 17.8 Å². The van der Waals surface area contributed by atoms with Crippen LogP contribution in [0.3, 0.4) is 0 Å². The zero-order chi connectivity index (χ0) is 21.4. The van der Waals surface area contributed by atoms with Crippen molar-refractivity contribution in [3.05, 3.63) is 72.2 Å². The van der Waals surface area contributed by atoms with E-state index in [1.165, 1.54) is 6.20 Å². The van der Waals surface area contributed by atoms with Crippen LogP contribution in [-0.4, -0.2) is 34.9 Å². The third-order valence-corrected chi connectivity index (χ3v) is 4.57. The molecule has 0 spiro atoms. The van der Waals surface area contributed by atoms with Crippen molar-refractivity contribution in [1.82, 2.24) is 34.9 Å². The Labute approximate surface area is 172 Å². The molecule has 4 heterocycles. The van der Waals surface area contributed by atoms with Crippen molar-refractivity contribution in [2.24, 2.45) is 0 Å². The minimum Gasteiger partial charge on any atom is -0.324 e. The molecule has 0 atom stereocenters. The molecule has 1 aromatic carbocycles. The summed E-state index contributed by atoms with van der Waals surface area (Å²) in [7, 11) is 0. The number of nitrogens with one attached hydrogen (secondary N) is 1. The summed E-state index contributed by atoms with van der Waals surface area (Å²) >= 11 is 0. The third-order valence-electron chi connectivity index (χ3n) is 4.57. The number of rotatable bonds is 4. The molecule has 0 aliphatic rings. The minimum atomic E-state index is -4.47. The number of alkyl halides is 3. The van der Waals surface area contributed by atoms with Crippen LogP contribution in [0.5, 0.6) is 0 Å². The lowest BCUT2D eigenvalue weighted by Crippen LogP contribution is -2.07. The Bertz CT molecular complexity index is 1400. The SMILES string of the molecule is FC(F)(F)c1ccnc(Nc2cnc3nnn(Cc4ccc5ncccc5c4)c3n2)c1. The van der Waals surface area contributed by atoms with E-state index in [1.54, 1.807) is 10.9 Å². The number of pyridine rings is 2. The molecule has 4 aromatic heterocycles. The van der Waals surface area contributed by atoms with Crippen LogP contribution < -0.4 is 5.32 Å². The summed E-state index contributed by atoms with van der Waals surface area (Å²) in [5.74, 6) is 0.232. The van der Waals surface area contributed by atoms with Crippen molar-refractivity contribution in [3.8, 4) is 0 Å². The number of nitrogens with zero attached hydrogens (tertiary/aromatic N) is 7. The average molecular weight is 422 g/mol. The topological polar surface area (TPSA) is 94.3 Å². The Morgan fingerprint density at radius 1 is 0.935 bits per heavy atom. The van der Waals surface area contributed by atoms with Gasteiger partial charge in [0.2, 0.25) is 5.65 Å². The number of hydrogen-bond donors (Lipinski definition) is 1. The van der Waals surface area contributed by atoms with Crippen LogP contribution in [0.1, 0.15) is 11.1 Å². The van der Waals surface area contributed by atoms with Crippen molar-refractivity contribution in [2.45, 2.75) is 12.7 Å². The summed E-state index contributed by atoms with van der Waals surface area (Å²) in [6.07, 6.45) is -0.286. The van der Waals surface area contributed by atoms with Crippen molar-refractivity contribution in [1.29, 1.82) is 0 Å². The highest BCUT2D eigenvalue weighted by Crippen LogP contribution is 2.30. The first kappa shape index (κ1) is 18.9. The van der Waals surface area contributed by atoms with E-state index in [0.717, 1.165) is 34.8 Å². The Morgan fingerprint density at radius 3 is 2.71 bits per heavy atom. The maximum absolute atomic E-state index is 12.9. The molecule has 0 fully saturated rings. The summed E-state index contributed by atoms with van der Waals surface area (Å²) < 4.78 is 40.3. The molecular formula is C20H13F3N8. The largest absolute Gasteiger partial charge is 0.416 e. The van der Waals surface area contributed by atoms with E-state index in [-0.39, 0.29) is 11.6 Å². The normalized spacial score (nSPS) is 11.8. The molecule has 8 nitrogen and oxygen atoms in total. The first-order chi connectivity index (χ1) is 15.0. The summed E-state index contributed by atoms with van der Waals surface area (Å²) in [6, 6.07) is 11.5. The Kier molecular flexibility index (Phi) is 4.42. The molecule has 0 unspecified atom stereocenters. The molecule has 0 aliphatic carbocycles. The van der Waals surface area contributed by atoms with Gasteiger partial charge in [0, 0.05) is 17.8 Å². The zero-order valence-electron chi connectivity index (χ0n) is 15.7. The molecule has 5 rings (SSSR count). The van der Waals surface area contributed by atoms with Gasteiger partial charge in [0.25, 0.3) is 0 Å². The van der Waals surface area contributed by atoms with Crippen LogP contribution in [0.15, 0.2) is 61.1 Å². The van der Waals surface area contributed by atoms with Crippen molar-refractivity contribution >= 4 is 33.8 Å². The lowest BCUT2D eigenvalue weighted by molar-refractivity contribution is -0.137. The number of benzene rings is 1.